The topological polar surface area (TPSA) is 43.8 Å². The van der Waals surface area contributed by atoms with Gasteiger partial charge in [0, 0.05) is 21.7 Å². The molecule has 0 bridgehead atoms. The Hall–Kier alpha value is -1.04. The SMILES string of the molecule is CC(C)c1c(-c2ccccc2I)nn(C)c1N. The fourth-order valence-corrected chi connectivity index (χ4v) is 2.62. The second kappa shape index (κ2) is 4.68. The summed E-state index contributed by atoms with van der Waals surface area (Å²) in [5, 5.41) is 4.55. The lowest BCUT2D eigenvalue weighted by molar-refractivity contribution is 0.779. The number of anilines is 1. The number of hydrogen-bond donors (Lipinski definition) is 1. The van der Waals surface area contributed by atoms with Gasteiger partial charge in [0.1, 0.15) is 5.82 Å². The number of nitrogens with zero attached hydrogens (tertiary/aromatic N) is 2. The summed E-state index contributed by atoms with van der Waals surface area (Å²) in [6, 6.07) is 8.25. The highest BCUT2D eigenvalue weighted by Crippen LogP contribution is 2.34. The summed E-state index contributed by atoms with van der Waals surface area (Å²) in [5.41, 5.74) is 9.39. The first-order chi connectivity index (χ1) is 8.02. The molecule has 2 N–H and O–H groups in total. The summed E-state index contributed by atoms with van der Waals surface area (Å²) in [6.07, 6.45) is 0. The molecule has 2 aromatic rings. The van der Waals surface area contributed by atoms with Gasteiger partial charge in [0.15, 0.2) is 0 Å². The number of aryl methyl sites for hydroxylation is 1. The van der Waals surface area contributed by atoms with E-state index in [4.69, 9.17) is 5.73 Å². The molecule has 2 rings (SSSR count). The number of nitrogens with two attached hydrogens (primary N) is 1. The molecule has 4 heteroatoms. The second-order valence-corrected chi connectivity index (χ2v) is 5.57. The van der Waals surface area contributed by atoms with E-state index < -0.39 is 0 Å². The zero-order chi connectivity index (χ0) is 12.6. The van der Waals surface area contributed by atoms with E-state index in [0.717, 1.165) is 22.6 Å². The van der Waals surface area contributed by atoms with Crippen LogP contribution >= 0.6 is 22.6 Å². The summed E-state index contributed by atoms with van der Waals surface area (Å²) in [4.78, 5) is 0. The number of nitrogen functional groups attached to an aromatic ring is 1. The highest BCUT2D eigenvalue weighted by atomic mass is 127. The van der Waals surface area contributed by atoms with Gasteiger partial charge in [-0.2, -0.15) is 5.10 Å². The van der Waals surface area contributed by atoms with Gasteiger partial charge < -0.3 is 5.73 Å². The zero-order valence-electron chi connectivity index (χ0n) is 10.2. The van der Waals surface area contributed by atoms with E-state index in [9.17, 15) is 0 Å². The minimum atomic E-state index is 0.370. The quantitative estimate of drug-likeness (QED) is 0.851. The van der Waals surface area contributed by atoms with Gasteiger partial charge in [-0.15, -0.1) is 0 Å². The lowest BCUT2D eigenvalue weighted by atomic mass is 9.99. The molecule has 0 aliphatic carbocycles. The zero-order valence-corrected chi connectivity index (χ0v) is 12.4. The van der Waals surface area contributed by atoms with Crippen molar-refractivity contribution >= 4 is 28.4 Å². The lowest BCUT2D eigenvalue weighted by Gasteiger charge is -2.08. The van der Waals surface area contributed by atoms with E-state index in [0.29, 0.717) is 5.92 Å². The fourth-order valence-electron chi connectivity index (χ4n) is 1.97. The molecule has 3 nitrogen and oxygen atoms in total. The van der Waals surface area contributed by atoms with Gasteiger partial charge >= 0.3 is 0 Å². The smallest absolute Gasteiger partial charge is 0.125 e. The Bertz CT molecular complexity index is 544. The van der Waals surface area contributed by atoms with Crippen LogP contribution in [0.5, 0.6) is 0 Å². The Morgan fingerprint density at radius 2 is 1.94 bits per heavy atom. The number of hydrogen-bond acceptors (Lipinski definition) is 2. The third kappa shape index (κ3) is 2.18. The van der Waals surface area contributed by atoms with Crippen molar-refractivity contribution in [2.45, 2.75) is 19.8 Å². The Balaban J connectivity index is 2.68. The summed E-state index contributed by atoms with van der Waals surface area (Å²) in [7, 11) is 1.89. The molecule has 0 saturated carbocycles. The van der Waals surface area contributed by atoms with Crippen LogP contribution in [0.1, 0.15) is 25.3 Å². The van der Waals surface area contributed by atoms with Gasteiger partial charge in [-0.05, 0) is 34.6 Å². The van der Waals surface area contributed by atoms with Crippen molar-refractivity contribution in [2.75, 3.05) is 5.73 Å². The largest absolute Gasteiger partial charge is 0.384 e. The Morgan fingerprint density at radius 3 is 2.53 bits per heavy atom. The summed E-state index contributed by atoms with van der Waals surface area (Å²) in [6.45, 7) is 4.29. The van der Waals surface area contributed by atoms with Crippen LogP contribution in [0.4, 0.5) is 5.82 Å². The number of aromatic nitrogens is 2. The van der Waals surface area contributed by atoms with Gasteiger partial charge in [0.2, 0.25) is 0 Å². The van der Waals surface area contributed by atoms with Crippen molar-refractivity contribution in [1.29, 1.82) is 0 Å². The van der Waals surface area contributed by atoms with Crippen molar-refractivity contribution < 1.29 is 0 Å². The molecule has 0 saturated heterocycles. The summed E-state index contributed by atoms with van der Waals surface area (Å²) in [5.74, 6) is 1.13. The molecular formula is C13H16IN3. The first kappa shape index (κ1) is 12.4. The van der Waals surface area contributed by atoms with Crippen LogP contribution in [0, 0.1) is 3.57 Å². The van der Waals surface area contributed by atoms with E-state index in [1.165, 1.54) is 3.57 Å². The third-order valence-electron chi connectivity index (χ3n) is 2.84. The molecule has 0 radical (unpaired) electrons. The first-order valence-electron chi connectivity index (χ1n) is 5.59. The lowest BCUT2D eigenvalue weighted by Crippen LogP contribution is -2.00. The molecule has 1 aromatic heterocycles. The molecule has 0 amide bonds. The standard InChI is InChI=1S/C13H16IN3/c1-8(2)11-12(16-17(3)13(11)15)9-6-4-5-7-10(9)14/h4-8H,15H2,1-3H3. The van der Waals surface area contributed by atoms with Crippen molar-refractivity contribution in [2.24, 2.45) is 7.05 Å². The molecule has 1 aromatic carbocycles. The van der Waals surface area contributed by atoms with E-state index in [-0.39, 0.29) is 0 Å². The maximum Gasteiger partial charge on any atom is 0.125 e. The average molecular weight is 341 g/mol. The fraction of sp³-hybridized carbons (Fsp3) is 0.308. The normalized spacial score (nSPS) is 11.1. The predicted octanol–water partition coefficient (Wildman–Crippen LogP) is 3.40. The van der Waals surface area contributed by atoms with Crippen molar-refractivity contribution in [3.05, 3.63) is 33.4 Å². The Kier molecular flexibility index (Phi) is 3.42. The van der Waals surface area contributed by atoms with Crippen LogP contribution in [0.15, 0.2) is 24.3 Å². The number of halogens is 1. The predicted molar refractivity (Wildman–Crippen MR) is 79.9 cm³/mol. The molecule has 0 aliphatic heterocycles. The van der Waals surface area contributed by atoms with Crippen LogP contribution in [-0.2, 0) is 7.05 Å². The van der Waals surface area contributed by atoms with Crippen molar-refractivity contribution in [1.82, 2.24) is 9.78 Å². The minimum absolute atomic E-state index is 0.370. The molecule has 0 unspecified atom stereocenters. The Morgan fingerprint density at radius 1 is 1.29 bits per heavy atom. The van der Waals surface area contributed by atoms with Crippen LogP contribution in [0.3, 0.4) is 0 Å². The third-order valence-corrected chi connectivity index (χ3v) is 3.78. The highest BCUT2D eigenvalue weighted by Gasteiger charge is 2.19. The van der Waals surface area contributed by atoms with E-state index in [1.54, 1.807) is 4.68 Å². The van der Waals surface area contributed by atoms with Crippen LogP contribution in [-0.4, -0.2) is 9.78 Å². The maximum atomic E-state index is 6.09. The van der Waals surface area contributed by atoms with E-state index in [1.807, 2.05) is 19.2 Å². The number of benzene rings is 1. The van der Waals surface area contributed by atoms with Crippen LogP contribution in [0.2, 0.25) is 0 Å². The molecule has 0 spiro atoms. The second-order valence-electron chi connectivity index (χ2n) is 4.41. The Labute approximate surface area is 115 Å². The van der Waals surface area contributed by atoms with E-state index in [2.05, 4.69) is 53.7 Å². The molecule has 17 heavy (non-hydrogen) atoms. The monoisotopic (exact) mass is 341 g/mol. The van der Waals surface area contributed by atoms with Crippen molar-refractivity contribution in [3.63, 3.8) is 0 Å². The van der Waals surface area contributed by atoms with Gasteiger partial charge in [-0.3, -0.25) is 4.68 Å². The van der Waals surface area contributed by atoms with Gasteiger partial charge in [0.05, 0.1) is 5.69 Å². The van der Waals surface area contributed by atoms with E-state index >= 15 is 0 Å². The van der Waals surface area contributed by atoms with Crippen LogP contribution < -0.4 is 5.73 Å². The average Bonchev–Trinajstić information content (AvgIpc) is 2.56. The molecular weight excluding hydrogens is 325 g/mol. The summed E-state index contributed by atoms with van der Waals surface area (Å²) < 4.78 is 2.96. The molecule has 1 heterocycles. The van der Waals surface area contributed by atoms with Crippen LogP contribution in [0.25, 0.3) is 11.3 Å². The van der Waals surface area contributed by atoms with Gasteiger partial charge in [-0.1, -0.05) is 32.0 Å². The maximum absolute atomic E-state index is 6.09. The molecule has 0 fully saturated rings. The molecule has 0 aliphatic rings. The minimum Gasteiger partial charge on any atom is -0.384 e. The first-order valence-corrected chi connectivity index (χ1v) is 6.67. The molecule has 0 atom stereocenters. The van der Waals surface area contributed by atoms with Gasteiger partial charge in [-0.25, -0.2) is 0 Å². The number of rotatable bonds is 2. The molecule has 90 valence electrons. The van der Waals surface area contributed by atoms with Crippen molar-refractivity contribution in [3.8, 4) is 11.3 Å². The highest BCUT2D eigenvalue weighted by molar-refractivity contribution is 14.1. The van der Waals surface area contributed by atoms with Gasteiger partial charge in [0.25, 0.3) is 0 Å². The summed E-state index contributed by atoms with van der Waals surface area (Å²) >= 11 is 2.33.